The summed E-state index contributed by atoms with van der Waals surface area (Å²) >= 11 is 0. The van der Waals surface area contributed by atoms with Crippen molar-refractivity contribution in [1.82, 2.24) is 10.2 Å². The normalized spacial score (nSPS) is 17.4. The van der Waals surface area contributed by atoms with Crippen LogP contribution in [0.2, 0.25) is 0 Å². The molecule has 0 spiro atoms. The monoisotopic (exact) mass is 282 g/mol. The van der Waals surface area contributed by atoms with E-state index in [1.807, 2.05) is 0 Å². The molecule has 0 aliphatic carbocycles. The zero-order chi connectivity index (χ0) is 14.5. The number of hydrogen-bond acceptors (Lipinski definition) is 3. The molecule has 0 aromatic carbocycles. The highest BCUT2D eigenvalue weighted by Gasteiger charge is 2.43. The van der Waals surface area contributed by atoms with Crippen LogP contribution in [0.15, 0.2) is 0 Å². The van der Waals surface area contributed by atoms with Crippen LogP contribution in [0, 0.1) is 0 Å². The van der Waals surface area contributed by atoms with Gasteiger partial charge in [-0.3, -0.25) is 9.59 Å². The molecule has 1 aliphatic heterocycles. The van der Waals surface area contributed by atoms with Crippen LogP contribution in [0.1, 0.15) is 19.3 Å². The van der Waals surface area contributed by atoms with Crippen molar-refractivity contribution in [2.75, 3.05) is 26.8 Å². The van der Waals surface area contributed by atoms with Gasteiger partial charge in [-0.2, -0.15) is 13.2 Å². The van der Waals surface area contributed by atoms with E-state index >= 15 is 0 Å². The Labute approximate surface area is 109 Å². The number of ether oxygens (including phenoxy) is 1. The maximum absolute atomic E-state index is 12.2. The van der Waals surface area contributed by atoms with Crippen LogP contribution >= 0.6 is 0 Å². The number of rotatable bonds is 4. The van der Waals surface area contributed by atoms with Gasteiger partial charge in [0.25, 0.3) is 0 Å². The van der Waals surface area contributed by atoms with Crippen LogP contribution in [-0.4, -0.2) is 55.7 Å². The predicted molar refractivity (Wildman–Crippen MR) is 60.3 cm³/mol. The molecule has 0 saturated carbocycles. The third kappa shape index (κ3) is 5.06. The van der Waals surface area contributed by atoms with Crippen molar-refractivity contribution in [3.05, 3.63) is 0 Å². The van der Waals surface area contributed by atoms with Crippen molar-refractivity contribution in [3.8, 4) is 0 Å². The smallest absolute Gasteiger partial charge is 0.384 e. The molecular formula is C11H17F3N2O3. The fourth-order valence-electron chi connectivity index (χ4n) is 1.90. The first-order valence-electron chi connectivity index (χ1n) is 5.99. The molecule has 0 bridgehead atoms. The summed E-state index contributed by atoms with van der Waals surface area (Å²) in [7, 11) is 1.48. The summed E-state index contributed by atoms with van der Waals surface area (Å²) in [6, 6.07) is -0.179. The van der Waals surface area contributed by atoms with E-state index in [4.69, 9.17) is 4.74 Å². The number of hydrogen-bond donors (Lipinski definition) is 1. The van der Waals surface area contributed by atoms with Gasteiger partial charge >= 0.3 is 12.1 Å². The van der Waals surface area contributed by atoms with E-state index in [2.05, 4.69) is 5.32 Å². The van der Waals surface area contributed by atoms with E-state index < -0.39 is 12.1 Å². The van der Waals surface area contributed by atoms with Crippen LogP contribution in [0.4, 0.5) is 13.2 Å². The molecule has 5 nitrogen and oxygen atoms in total. The molecule has 1 rings (SSSR count). The number of alkyl halides is 3. The van der Waals surface area contributed by atoms with Crippen LogP contribution in [0.25, 0.3) is 0 Å². The maximum atomic E-state index is 12.2. The number of carbonyl (C=O) groups excluding carboxylic acids is 2. The van der Waals surface area contributed by atoms with Crippen molar-refractivity contribution in [2.24, 2.45) is 0 Å². The summed E-state index contributed by atoms with van der Waals surface area (Å²) in [6.45, 7) is 0.318. The maximum Gasteiger partial charge on any atom is 0.471 e. The molecular weight excluding hydrogens is 265 g/mol. The molecule has 110 valence electrons. The number of nitrogens with one attached hydrogen (secondary N) is 1. The van der Waals surface area contributed by atoms with Crippen molar-refractivity contribution >= 4 is 11.8 Å². The highest BCUT2D eigenvalue weighted by atomic mass is 19.4. The third-order valence-corrected chi connectivity index (χ3v) is 2.92. The standard InChI is InChI=1S/C11H17F3N2O3/c1-19-7-4-9(17)15-8-2-5-16(6-3-8)10(18)11(12,13)14/h8H,2-7H2,1H3,(H,15,17). The lowest BCUT2D eigenvalue weighted by Crippen LogP contribution is -2.50. The Morgan fingerprint density at radius 3 is 2.37 bits per heavy atom. The van der Waals surface area contributed by atoms with Gasteiger partial charge < -0.3 is 15.0 Å². The van der Waals surface area contributed by atoms with Crippen molar-refractivity contribution in [2.45, 2.75) is 31.5 Å². The first-order valence-corrected chi connectivity index (χ1v) is 5.99. The Kier molecular flexibility index (Phi) is 5.59. The lowest BCUT2D eigenvalue weighted by molar-refractivity contribution is -0.186. The predicted octanol–water partition coefficient (Wildman–Crippen LogP) is 0.692. The van der Waals surface area contributed by atoms with Crippen LogP contribution in [0.3, 0.4) is 0 Å². The SMILES string of the molecule is COCCC(=O)NC1CCN(C(=O)C(F)(F)F)CC1. The van der Waals surface area contributed by atoms with Crippen LogP contribution in [0.5, 0.6) is 0 Å². The van der Waals surface area contributed by atoms with Gasteiger partial charge in [0.1, 0.15) is 0 Å². The number of likely N-dealkylation sites (tertiary alicyclic amines) is 1. The van der Waals surface area contributed by atoms with E-state index in [1.54, 1.807) is 0 Å². The molecule has 8 heteroatoms. The van der Waals surface area contributed by atoms with Gasteiger partial charge in [-0.15, -0.1) is 0 Å². The third-order valence-electron chi connectivity index (χ3n) is 2.92. The Morgan fingerprint density at radius 1 is 1.32 bits per heavy atom. The molecule has 1 saturated heterocycles. The Hall–Kier alpha value is -1.31. The molecule has 0 unspecified atom stereocenters. The minimum Gasteiger partial charge on any atom is -0.384 e. The van der Waals surface area contributed by atoms with E-state index in [1.165, 1.54) is 7.11 Å². The molecule has 0 aromatic heterocycles. The summed E-state index contributed by atoms with van der Waals surface area (Å²) in [5.41, 5.74) is 0. The second-order valence-electron chi connectivity index (χ2n) is 4.37. The van der Waals surface area contributed by atoms with Gasteiger partial charge in [-0.1, -0.05) is 0 Å². The Morgan fingerprint density at radius 2 is 1.89 bits per heavy atom. The fraction of sp³-hybridized carbons (Fsp3) is 0.818. The molecule has 1 N–H and O–H groups in total. The summed E-state index contributed by atoms with van der Waals surface area (Å²) in [6.07, 6.45) is -3.94. The molecule has 0 radical (unpaired) electrons. The van der Waals surface area contributed by atoms with E-state index in [0.717, 1.165) is 4.90 Å². The minimum absolute atomic E-state index is 0.00751. The van der Waals surface area contributed by atoms with Crippen molar-refractivity contribution < 1.29 is 27.5 Å². The second-order valence-corrected chi connectivity index (χ2v) is 4.37. The molecule has 1 aliphatic rings. The molecule has 1 heterocycles. The largest absolute Gasteiger partial charge is 0.471 e. The van der Waals surface area contributed by atoms with E-state index in [9.17, 15) is 22.8 Å². The van der Waals surface area contributed by atoms with Crippen LogP contribution < -0.4 is 5.32 Å². The summed E-state index contributed by atoms with van der Waals surface area (Å²) in [5, 5.41) is 2.71. The van der Waals surface area contributed by atoms with Crippen molar-refractivity contribution in [1.29, 1.82) is 0 Å². The topological polar surface area (TPSA) is 58.6 Å². The van der Waals surface area contributed by atoms with Gasteiger partial charge in [0.15, 0.2) is 0 Å². The quantitative estimate of drug-likeness (QED) is 0.825. The summed E-state index contributed by atoms with van der Waals surface area (Å²) in [4.78, 5) is 23.2. The number of halogens is 3. The number of carbonyl (C=O) groups is 2. The first kappa shape index (κ1) is 15.7. The summed E-state index contributed by atoms with van der Waals surface area (Å²) < 4.78 is 41.4. The number of piperidine rings is 1. The van der Waals surface area contributed by atoms with E-state index in [-0.39, 0.29) is 31.5 Å². The van der Waals surface area contributed by atoms with Crippen molar-refractivity contribution in [3.63, 3.8) is 0 Å². The number of nitrogens with zero attached hydrogens (tertiary/aromatic N) is 1. The van der Waals surface area contributed by atoms with Gasteiger partial charge in [-0.25, -0.2) is 0 Å². The average Bonchev–Trinajstić information content (AvgIpc) is 2.35. The Balaban J connectivity index is 2.33. The minimum atomic E-state index is -4.82. The van der Waals surface area contributed by atoms with Gasteiger partial charge in [0.05, 0.1) is 6.61 Å². The number of methoxy groups -OCH3 is 1. The molecule has 1 fully saturated rings. The zero-order valence-corrected chi connectivity index (χ0v) is 10.6. The highest BCUT2D eigenvalue weighted by molar-refractivity contribution is 5.82. The molecule has 2 amide bonds. The van der Waals surface area contributed by atoms with E-state index in [0.29, 0.717) is 19.4 Å². The first-order chi connectivity index (χ1) is 8.84. The van der Waals surface area contributed by atoms with Gasteiger partial charge in [0.2, 0.25) is 5.91 Å². The summed E-state index contributed by atoms with van der Waals surface area (Å²) in [5.74, 6) is -2.00. The zero-order valence-electron chi connectivity index (χ0n) is 10.6. The lowest BCUT2D eigenvalue weighted by Gasteiger charge is -2.32. The molecule has 19 heavy (non-hydrogen) atoms. The average molecular weight is 282 g/mol. The fourth-order valence-corrected chi connectivity index (χ4v) is 1.90. The Bertz CT molecular complexity index is 326. The van der Waals surface area contributed by atoms with Gasteiger partial charge in [-0.05, 0) is 12.8 Å². The lowest BCUT2D eigenvalue weighted by atomic mass is 10.0. The van der Waals surface area contributed by atoms with Crippen LogP contribution in [-0.2, 0) is 14.3 Å². The van der Waals surface area contributed by atoms with Gasteiger partial charge in [0, 0.05) is 32.7 Å². The second kappa shape index (κ2) is 6.74. The number of amides is 2. The highest BCUT2D eigenvalue weighted by Crippen LogP contribution is 2.21. The molecule has 0 aromatic rings. The molecule has 0 atom stereocenters.